The number of hydrogen-bond acceptors (Lipinski definition) is 5. The van der Waals surface area contributed by atoms with Crippen molar-refractivity contribution >= 4 is 18.2 Å². The largest absolute Gasteiger partial charge is 0.378 e. The third-order valence-corrected chi connectivity index (χ3v) is 3.75. The summed E-state index contributed by atoms with van der Waals surface area (Å²) >= 11 is 5.31. The average Bonchev–Trinajstić information content (AvgIpc) is 3.03. The van der Waals surface area contributed by atoms with Crippen molar-refractivity contribution in [2.24, 2.45) is 0 Å². The number of nitrogens with one attached hydrogen (secondary N) is 1. The van der Waals surface area contributed by atoms with Crippen molar-refractivity contribution in [2.45, 2.75) is 25.5 Å². The van der Waals surface area contributed by atoms with Gasteiger partial charge in [-0.2, -0.15) is 0 Å². The van der Waals surface area contributed by atoms with Gasteiger partial charge in [-0.1, -0.05) is 0 Å². The van der Waals surface area contributed by atoms with E-state index in [9.17, 15) is 0 Å². The lowest BCUT2D eigenvalue weighted by molar-refractivity contribution is 0.0958. The Balaban J connectivity index is 1.78. The van der Waals surface area contributed by atoms with Crippen LogP contribution in [0.15, 0.2) is 0 Å². The highest BCUT2D eigenvalue weighted by atomic mass is 32.1. The van der Waals surface area contributed by atoms with Crippen LogP contribution in [0.5, 0.6) is 0 Å². The summed E-state index contributed by atoms with van der Waals surface area (Å²) < 4.78 is 13.8. The molecule has 2 fully saturated rings. The number of anilines is 1. The van der Waals surface area contributed by atoms with Gasteiger partial charge in [0, 0.05) is 19.7 Å². The number of rotatable bonds is 3. The smallest absolute Gasteiger partial charge is 0.225 e. The normalized spacial score (nSPS) is 24.7. The molecule has 0 unspecified atom stereocenters. The Hall–Kier alpha value is -0.920. The van der Waals surface area contributed by atoms with E-state index in [1.165, 1.54) is 0 Å². The number of hydrogen-bond donors (Lipinski definition) is 1. The minimum atomic E-state index is 0.272. The van der Waals surface area contributed by atoms with Crippen molar-refractivity contribution in [2.75, 3.05) is 37.8 Å². The highest BCUT2D eigenvalue weighted by Gasteiger charge is 2.22. The summed E-state index contributed by atoms with van der Waals surface area (Å²) in [6, 6.07) is 0. The number of morpholine rings is 1. The van der Waals surface area contributed by atoms with Crippen molar-refractivity contribution in [1.29, 1.82) is 0 Å². The Kier molecular flexibility index (Phi) is 3.62. The Morgan fingerprint density at radius 1 is 1.33 bits per heavy atom. The molecule has 3 rings (SSSR count). The van der Waals surface area contributed by atoms with Crippen molar-refractivity contribution in [3.05, 3.63) is 4.77 Å². The fraction of sp³-hybridized carbons (Fsp3) is 0.818. The van der Waals surface area contributed by atoms with Gasteiger partial charge in [-0.3, -0.25) is 4.57 Å². The maximum Gasteiger partial charge on any atom is 0.225 e. The minimum absolute atomic E-state index is 0.272. The van der Waals surface area contributed by atoms with Gasteiger partial charge in [-0.25, -0.2) is 5.10 Å². The van der Waals surface area contributed by atoms with Crippen LogP contribution in [0.2, 0.25) is 0 Å². The SMILES string of the molecule is S=c1[nH]nc(N2CCOCC2)n1C[C@H]1CCCO1. The van der Waals surface area contributed by atoms with Crippen LogP contribution < -0.4 is 4.90 Å². The van der Waals surface area contributed by atoms with Crippen LogP contribution in [0, 0.1) is 4.77 Å². The predicted molar refractivity (Wildman–Crippen MR) is 69.4 cm³/mol. The van der Waals surface area contributed by atoms with Gasteiger partial charge >= 0.3 is 0 Å². The lowest BCUT2D eigenvalue weighted by Gasteiger charge is -2.28. The minimum Gasteiger partial charge on any atom is -0.378 e. The van der Waals surface area contributed by atoms with Crippen LogP contribution in [0.25, 0.3) is 0 Å². The van der Waals surface area contributed by atoms with Gasteiger partial charge in [0.2, 0.25) is 5.95 Å². The van der Waals surface area contributed by atoms with Gasteiger partial charge < -0.3 is 14.4 Å². The first-order chi connectivity index (χ1) is 8.84. The Bertz CT molecular complexity index is 446. The number of aromatic nitrogens is 3. The molecule has 1 aromatic rings. The predicted octanol–water partition coefficient (Wildman–Crippen LogP) is 0.956. The molecule has 0 spiro atoms. The first-order valence-corrected chi connectivity index (χ1v) is 6.85. The molecule has 6 nitrogen and oxygen atoms in total. The molecule has 0 bridgehead atoms. The fourth-order valence-corrected chi connectivity index (χ4v) is 2.67. The molecule has 0 saturated carbocycles. The molecule has 2 aliphatic rings. The van der Waals surface area contributed by atoms with E-state index in [0.717, 1.165) is 58.2 Å². The Morgan fingerprint density at radius 3 is 2.89 bits per heavy atom. The third-order valence-electron chi connectivity index (χ3n) is 3.44. The summed E-state index contributed by atoms with van der Waals surface area (Å²) in [5.41, 5.74) is 0. The average molecular weight is 270 g/mol. The molecular weight excluding hydrogens is 252 g/mol. The van der Waals surface area contributed by atoms with Crippen LogP contribution in [0.3, 0.4) is 0 Å². The topological polar surface area (TPSA) is 55.3 Å². The third kappa shape index (κ3) is 2.43. The van der Waals surface area contributed by atoms with E-state index >= 15 is 0 Å². The number of nitrogens with zero attached hydrogens (tertiary/aromatic N) is 3. The monoisotopic (exact) mass is 270 g/mol. The lowest BCUT2D eigenvalue weighted by atomic mass is 10.2. The van der Waals surface area contributed by atoms with Gasteiger partial charge in [-0.15, -0.1) is 5.10 Å². The molecule has 3 heterocycles. The summed E-state index contributed by atoms with van der Waals surface area (Å²) in [5, 5.41) is 7.23. The number of aromatic amines is 1. The molecule has 2 aliphatic heterocycles. The highest BCUT2D eigenvalue weighted by molar-refractivity contribution is 7.71. The summed E-state index contributed by atoms with van der Waals surface area (Å²) in [7, 11) is 0. The van der Waals surface area contributed by atoms with Crippen LogP contribution in [0.1, 0.15) is 12.8 Å². The van der Waals surface area contributed by atoms with Crippen molar-refractivity contribution in [3.8, 4) is 0 Å². The maximum absolute atomic E-state index is 5.67. The molecule has 2 saturated heterocycles. The van der Waals surface area contributed by atoms with Crippen LogP contribution in [-0.4, -0.2) is 53.8 Å². The first kappa shape index (κ1) is 12.1. The van der Waals surface area contributed by atoms with Crippen LogP contribution in [-0.2, 0) is 16.0 Å². The standard InChI is InChI=1S/C11H18N4O2S/c18-11-13-12-10(14-3-6-16-7-4-14)15(11)8-9-2-1-5-17-9/h9H,1-8H2,(H,13,18)/t9-/m1/s1. The molecule has 7 heteroatoms. The van der Waals surface area contributed by atoms with E-state index in [2.05, 4.69) is 19.7 Å². The zero-order valence-corrected chi connectivity index (χ0v) is 11.1. The van der Waals surface area contributed by atoms with Crippen LogP contribution >= 0.6 is 12.2 Å². The second kappa shape index (κ2) is 5.38. The molecule has 100 valence electrons. The Labute approximate surface area is 111 Å². The van der Waals surface area contributed by atoms with E-state index in [1.807, 2.05) is 0 Å². The lowest BCUT2D eigenvalue weighted by Crippen LogP contribution is -2.38. The molecule has 0 aromatic carbocycles. The van der Waals surface area contributed by atoms with Crippen molar-refractivity contribution in [1.82, 2.24) is 14.8 Å². The highest BCUT2D eigenvalue weighted by Crippen LogP contribution is 2.19. The molecule has 18 heavy (non-hydrogen) atoms. The first-order valence-electron chi connectivity index (χ1n) is 6.44. The summed E-state index contributed by atoms with van der Waals surface area (Å²) in [4.78, 5) is 2.21. The van der Waals surface area contributed by atoms with E-state index < -0.39 is 0 Å². The molecule has 0 radical (unpaired) electrons. The molecule has 0 amide bonds. The molecule has 0 aliphatic carbocycles. The van der Waals surface area contributed by atoms with Gasteiger partial charge in [0.1, 0.15) is 0 Å². The molecule has 1 atom stereocenters. The van der Waals surface area contributed by atoms with Crippen molar-refractivity contribution < 1.29 is 9.47 Å². The second-order valence-corrected chi connectivity index (χ2v) is 5.06. The Morgan fingerprint density at radius 2 is 2.17 bits per heavy atom. The molecule has 1 N–H and O–H groups in total. The van der Waals surface area contributed by atoms with Gasteiger partial charge in [-0.05, 0) is 25.1 Å². The van der Waals surface area contributed by atoms with Crippen molar-refractivity contribution in [3.63, 3.8) is 0 Å². The van der Waals surface area contributed by atoms with Gasteiger partial charge in [0.05, 0.1) is 25.9 Å². The molecular formula is C11H18N4O2S. The van der Waals surface area contributed by atoms with E-state index in [0.29, 0.717) is 4.77 Å². The number of H-pyrrole nitrogens is 1. The maximum atomic E-state index is 5.67. The summed E-state index contributed by atoms with van der Waals surface area (Å²) in [6.07, 6.45) is 2.52. The van der Waals surface area contributed by atoms with Gasteiger partial charge in [0.25, 0.3) is 0 Å². The van der Waals surface area contributed by atoms with E-state index in [-0.39, 0.29) is 6.10 Å². The quantitative estimate of drug-likeness (QED) is 0.829. The van der Waals surface area contributed by atoms with E-state index in [4.69, 9.17) is 21.7 Å². The van der Waals surface area contributed by atoms with Gasteiger partial charge in [0.15, 0.2) is 4.77 Å². The zero-order chi connectivity index (χ0) is 12.4. The second-order valence-electron chi connectivity index (χ2n) is 4.67. The summed E-state index contributed by atoms with van der Waals surface area (Å²) in [5.74, 6) is 0.916. The molecule has 1 aromatic heterocycles. The van der Waals surface area contributed by atoms with E-state index in [1.54, 1.807) is 0 Å². The fourth-order valence-electron chi connectivity index (χ4n) is 2.47. The zero-order valence-electron chi connectivity index (χ0n) is 10.3. The van der Waals surface area contributed by atoms with Crippen LogP contribution in [0.4, 0.5) is 5.95 Å². The summed E-state index contributed by atoms with van der Waals surface area (Å²) in [6.45, 7) is 4.89. The number of ether oxygens (including phenoxy) is 2.